The van der Waals surface area contributed by atoms with Crippen molar-refractivity contribution in [2.24, 2.45) is 5.73 Å². The van der Waals surface area contributed by atoms with Gasteiger partial charge in [-0.05, 0) is 23.6 Å². The summed E-state index contributed by atoms with van der Waals surface area (Å²) in [4.78, 5) is 17.4. The molecule has 1 heterocycles. The van der Waals surface area contributed by atoms with Crippen LogP contribution in [0.4, 0.5) is 0 Å². The van der Waals surface area contributed by atoms with Crippen molar-refractivity contribution >= 4 is 5.91 Å². The van der Waals surface area contributed by atoms with Gasteiger partial charge in [-0.1, -0.05) is 59.8 Å². The minimum atomic E-state index is -0.392. The number of benzene rings is 2. The molecule has 0 aliphatic heterocycles. The van der Waals surface area contributed by atoms with Crippen molar-refractivity contribution in [2.75, 3.05) is 6.54 Å². The maximum absolute atomic E-state index is 11.3. The van der Waals surface area contributed by atoms with Gasteiger partial charge >= 0.3 is 0 Å². The number of amides is 1. The highest BCUT2D eigenvalue weighted by Crippen LogP contribution is 2.20. The molecule has 0 aliphatic carbocycles. The molecule has 1 amide bonds. The summed E-state index contributed by atoms with van der Waals surface area (Å²) in [7, 11) is 0. The number of aryl methyl sites for hydroxylation is 1. The molecule has 0 bridgehead atoms. The van der Waals surface area contributed by atoms with Gasteiger partial charge in [-0.25, -0.2) is 0 Å². The summed E-state index contributed by atoms with van der Waals surface area (Å²) in [6.07, 6.45) is 0. The summed E-state index contributed by atoms with van der Waals surface area (Å²) in [5.41, 5.74) is 8.76. The molecule has 2 aromatic carbocycles. The largest absolute Gasteiger partial charge is 0.369 e. The highest BCUT2D eigenvalue weighted by Gasteiger charge is 2.14. The first-order valence-corrected chi connectivity index (χ1v) is 8.04. The number of hydrogen-bond acceptors (Lipinski definition) is 5. The van der Waals surface area contributed by atoms with Crippen molar-refractivity contribution in [1.82, 2.24) is 15.0 Å². The van der Waals surface area contributed by atoms with Crippen LogP contribution in [0.1, 0.15) is 17.3 Å². The molecule has 25 heavy (non-hydrogen) atoms. The summed E-state index contributed by atoms with van der Waals surface area (Å²) in [5, 5.41) is 3.77. The number of rotatable bonds is 7. The Balaban J connectivity index is 1.71. The molecule has 0 saturated heterocycles. The Morgan fingerprint density at radius 2 is 1.72 bits per heavy atom. The van der Waals surface area contributed by atoms with E-state index in [9.17, 15) is 4.79 Å². The summed E-state index contributed by atoms with van der Waals surface area (Å²) in [5.74, 6) is 0.651. The van der Waals surface area contributed by atoms with Crippen molar-refractivity contribution < 1.29 is 9.32 Å². The fourth-order valence-corrected chi connectivity index (χ4v) is 2.68. The van der Waals surface area contributed by atoms with Gasteiger partial charge in [0.05, 0.1) is 13.1 Å². The van der Waals surface area contributed by atoms with E-state index in [1.54, 1.807) is 6.92 Å². The first-order valence-electron chi connectivity index (χ1n) is 8.04. The Morgan fingerprint density at radius 3 is 2.32 bits per heavy atom. The second-order valence-corrected chi connectivity index (χ2v) is 5.91. The predicted molar refractivity (Wildman–Crippen MR) is 94.2 cm³/mol. The molecule has 0 spiro atoms. The molecule has 1 aromatic heterocycles. The van der Waals surface area contributed by atoms with Crippen LogP contribution >= 0.6 is 0 Å². The molecule has 6 heteroatoms. The monoisotopic (exact) mass is 336 g/mol. The van der Waals surface area contributed by atoms with Crippen LogP contribution in [0.5, 0.6) is 0 Å². The molecule has 2 N–H and O–H groups in total. The van der Waals surface area contributed by atoms with Gasteiger partial charge in [0.1, 0.15) is 0 Å². The lowest BCUT2D eigenvalue weighted by atomic mass is 10.0. The molecule has 0 aliphatic rings. The lowest BCUT2D eigenvalue weighted by Crippen LogP contribution is -2.33. The zero-order valence-electron chi connectivity index (χ0n) is 14.1. The van der Waals surface area contributed by atoms with Crippen LogP contribution in [-0.4, -0.2) is 27.5 Å². The minimum Gasteiger partial charge on any atom is -0.369 e. The van der Waals surface area contributed by atoms with Crippen LogP contribution in [0.25, 0.3) is 11.1 Å². The summed E-state index contributed by atoms with van der Waals surface area (Å²) in [6, 6.07) is 18.4. The fourth-order valence-electron chi connectivity index (χ4n) is 2.68. The van der Waals surface area contributed by atoms with Crippen LogP contribution in [0.2, 0.25) is 0 Å². The van der Waals surface area contributed by atoms with Crippen molar-refractivity contribution in [3.8, 4) is 11.1 Å². The standard InChI is InChI=1S/C19H20N4O2/c1-14-21-19(25-22-14)13-23(12-18(20)24)11-15-7-9-17(10-8-15)16-5-3-2-4-6-16/h2-10H,11-13H2,1H3,(H2,20,24). The topological polar surface area (TPSA) is 85.3 Å². The lowest BCUT2D eigenvalue weighted by molar-refractivity contribution is -0.119. The molecular formula is C19H20N4O2. The molecule has 128 valence electrons. The number of carbonyl (C=O) groups excluding carboxylic acids is 1. The van der Waals surface area contributed by atoms with Gasteiger partial charge in [-0.3, -0.25) is 9.69 Å². The van der Waals surface area contributed by atoms with Gasteiger partial charge in [-0.2, -0.15) is 4.98 Å². The van der Waals surface area contributed by atoms with Gasteiger partial charge in [-0.15, -0.1) is 0 Å². The van der Waals surface area contributed by atoms with Gasteiger partial charge in [0.2, 0.25) is 11.8 Å². The number of nitrogens with two attached hydrogens (primary N) is 1. The molecule has 0 saturated carbocycles. The van der Waals surface area contributed by atoms with E-state index < -0.39 is 5.91 Å². The molecule has 0 fully saturated rings. The molecule has 0 unspecified atom stereocenters. The maximum Gasteiger partial charge on any atom is 0.240 e. The van der Waals surface area contributed by atoms with Crippen LogP contribution in [-0.2, 0) is 17.9 Å². The Morgan fingerprint density at radius 1 is 1.04 bits per heavy atom. The number of nitrogens with zero attached hydrogens (tertiary/aromatic N) is 3. The number of hydrogen-bond donors (Lipinski definition) is 1. The summed E-state index contributed by atoms with van der Waals surface area (Å²) < 4.78 is 5.14. The minimum absolute atomic E-state index is 0.127. The average Bonchev–Trinajstić information content (AvgIpc) is 3.00. The molecule has 3 rings (SSSR count). The maximum atomic E-state index is 11.3. The van der Waals surface area contributed by atoms with Crippen LogP contribution in [0.15, 0.2) is 59.1 Å². The predicted octanol–water partition coefficient (Wildman–Crippen LogP) is 2.53. The van der Waals surface area contributed by atoms with E-state index in [1.165, 1.54) is 5.56 Å². The molecular weight excluding hydrogens is 316 g/mol. The number of carbonyl (C=O) groups is 1. The van der Waals surface area contributed by atoms with E-state index in [-0.39, 0.29) is 6.54 Å². The van der Waals surface area contributed by atoms with Crippen molar-refractivity contribution in [2.45, 2.75) is 20.0 Å². The number of aromatic nitrogens is 2. The smallest absolute Gasteiger partial charge is 0.240 e. The molecule has 3 aromatic rings. The first kappa shape index (κ1) is 16.9. The SMILES string of the molecule is Cc1noc(CN(CC(N)=O)Cc2ccc(-c3ccccc3)cc2)n1. The normalized spacial score (nSPS) is 11.0. The van der Waals surface area contributed by atoms with E-state index >= 15 is 0 Å². The fraction of sp³-hybridized carbons (Fsp3) is 0.211. The molecule has 0 atom stereocenters. The Kier molecular flexibility index (Phi) is 5.20. The third-order valence-electron chi connectivity index (χ3n) is 3.78. The highest BCUT2D eigenvalue weighted by atomic mass is 16.5. The van der Waals surface area contributed by atoms with Crippen LogP contribution < -0.4 is 5.73 Å². The summed E-state index contributed by atoms with van der Waals surface area (Å²) in [6.45, 7) is 2.83. The lowest BCUT2D eigenvalue weighted by Gasteiger charge is -2.19. The third-order valence-corrected chi connectivity index (χ3v) is 3.78. The van der Waals surface area contributed by atoms with Gasteiger partial charge < -0.3 is 10.3 Å². The Hall–Kier alpha value is -2.99. The van der Waals surface area contributed by atoms with Gasteiger partial charge in [0.15, 0.2) is 5.82 Å². The second kappa shape index (κ2) is 7.72. The van der Waals surface area contributed by atoms with Crippen molar-refractivity contribution in [3.63, 3.8) is 0 Å². The van der Waals surface area contributed by atoms with E-state index in [2.05, 4.69) is 46.5 Å². The third kappa shape index (κ3) is 4.74. The van der Waals surface area contributed by atoms with E-state index in [0.29, 0.717) is 24.8 Å². The van der Waals surface area contributed by atoms with Crippen LogP contribution in [0, 0.1) is 6.92 Å². The Labute approximate surface area is 146 Å². The second-order valence-electron chi connectivity index (χ2n) is 5.91. The zero-order chi connectivity index (χ0) is 17.6. The average molecular weight is 336 g/mol. The van der Waals surface area contributed by atoms with Gasteiger partial charge in [0, 0.05) is 6.54 Å². The highest BCUT2D eigenvalue weighted by molar-refractivity contribution is 5.75. The van der Waals surface area contributed by atoms with E-state index in [0.717, 1.165) is 11.1 Å². The van der Waals surface area contributed by atoms with Crippen molar-refractivity contribution in [3.05, 3.63) is 71.9 Å². The van der Waals surface area contributed by atoms with E-state index in [1.807, 2.05) is 23.1 Å². The zero-order valence-corrected chi connectivity index (χ0v) is 14.1. The quantitative estimate of drug-likeness (QED) is 0.716. The Bertz CT molecular complexity index is 828. The van der Waals surface area contributed by atoms with Crippen LogP contribution in [0.3, 0.4) is 0 Å². The molecule has 6 nitrogen and oxygen atoms in total. The molecule has 0 radical (unpaired) electrons. The number of primary amides is 1. The van der Waals surface area contributed by atoms with E-state index in [4.69, 9.17) is 10.3 Å². The van der Waals surface area contributed by atoms with Gasteiger partial charge in [0.25, 0.3) is 0 Å². The van der Waals surface area contributed by atoms with Crippen molar-refractivity contribution in [1.29, 1.82) is 0 Å². The summed E-state index contributed by atoms with van der Waals surface area (Å²) >= 11 is 0. The first-order chi connectivity index (χ1) is 12.1.